The van der Waals surface area contributed by atoms with Crippen LogP contribution >= 0.6 is 0 Å². The lowest BCUT2D eigenvalue weighted by molar-refractivity contribution is -0.140. The molecule has 5 heterocycles. The Morgan fingerprint density at radius 2 is 2.04 bits per heavy atom. The van der Waals surface area contributed by atoms with E-state index in [1.54, 1.807) is 11.0 Å². The minimum atomic E-state index is -0.175. The van der Waals surface area contributed by atoms with Crippen molar-refractivity contribution in [3.63, 3.8) is 0 Å². The fourth-order valence-electron chi connectivity index (χ4n) is 4.05. The molecule has 144 valence electrons. The molecule has 5 rings (SSSR count). The van der Waals surface area contributed by atoms with Crippen molar-refractivity contribution in [1.82, 2.24) is 20.1 Å². The molecule has 8 heteroatoms. The van der Waals surface area contributed by atoms with Crippen LogP contribution in [0.3, 0.4) is 0 Å². The molecule has 0 unspecified atom stereocenters. The first-order valence-electron chi connectivity index (χ1n) is 9.45. The van der Waals surface area contributed by atoms with Gasteiger partial charge in [-0.3, -0.25) is 9.59 Å². The molecule has 3 fully saturated rings. The van der Waals surface area contributed by atoms with Gasteiger partial charge in [-0.1, -0.05) is 17.2 Å². The van der Waals surface area contributed by atoms with Gasteiger partial charge in [-0.2, -0.15) is 0 Å². The molecule has 0 spiro atoms. The van der Waals surface area contributed by atoms with E-state index in [0.717, 1.165) is 29.9 Å². The molecule has 0 saturated carbocycles. The molecule has 2 atom stereocenters. The van der Waals surface area contributed by atoms with Crippen molar-refractivity contribution in [2.24, 2.45) is 5.92 Å². The molecule has 2 aromatic heterocycles. The molecule has 0 aliphatic carbocycles. The predicted molar refractivity (Wildman–Crippen MR) is 94.8 cm³/mol. The molecule has 0 aromatic carbocycles. The summed E-state index contributed by atoms with van der Waals surface area (Å²) in [5.41, 5.74) is 2.08. The van der Waals surface area contributed by atoms with Crippen LogP contribution in [0.2, 0.25) is 0 Å². The molecule has 3 saturated heterocycles. The Kier molecular flexibility index (Phi) is 4.49. The number of aromatic nitrogens is 2. The van der Waals surface area contributed by atoms with Gasteiger partial charge in [-0.25, -0.2) is 0 Å². The lowest BCUT2D eigenvalue weighted by atomic mass is 9.93. The maximum Gasteiger partial charge on any atom is 0.276 e. The van der Waals surface area contributed by atoms with Crippen LogP contribution in [0.1, 0.15) is 53.0 Å². The number of amides is 2. The van der Waals surface area contributed by atoms with Gasteiger partial charge < -0.3 is 18.8 Å². The van der Waals surface area contributed by atoms with E-state index < -0.39 is 0 Å². The maximum atomic E-state index is 13.0. The van der Waals surface area contributed by atoms with Crippen LogP contribution < -0.4 is 0 Å². The molecule has 27 heavy (non-hydrogen) atoms. The zero-order valence-corrected chi connectivity index (χ0v) is 15.9. The Morgan fingerprint density at radius 1 is 1.22 bits per heavy atom. The Balaban J connectivity index is 1.56. The lowest BCUT2D eigenvalue weighted by Crippen LogP contribution is -2.47. The first kappa shape index (κ1) is 17.8. The number of hydrogen-bond donors (Lipinski definition) is 0. The first-order chi connectivity index (χ1) is 13.0. The third-order valence-electron chi connectivity index (χ3n) is 5.72. The minimum absolute atomic E-state index is 0.00792. The van der Waals surface area contributed by atoms with Crippen molar-refractivity contribution in [2.45, 2.75) is 52.6 Å². The number of hydrogen-bond acceptors (Lipinski definition) is 6. The van der Waals surface area contributed by atoms with E-state index >= 15 is 0 Å². The number of carbonyl (C=O) groups is 2. The summed E-state index contributed by atoms with van der Waals surface area (Å²) in [5.74, 6) is 1.19. The van der Waals surface area contributed by atoms with Gasteiger partial charge in [-0.05, 0) is 26.7 Å². The Labute approximate surface area is 157 Å². The average Bonchev–Trinajstić information content (AvgIpc) is 3.15. The summed E-state index contributed by atoms with van der Waals surface area (Å²) in [6.07, 6.45) is 2.39. The van der Waals surface area contributed by atoms with Crippen LogP contribution in [0, 0.1) is 19.8 Å². The van der Waals surface area contributed by atoms with E-state index in [1.165, 1.54) is 0 Å². The average molecular weight is 372 g/mol. The molecule has 3 aliphatic heterocycles. The highest BCUT2D eigenvalue weighted by atomic mass is 16.5. The molecule has 2 aromatic rings. The number of nitrogens with zero attached hydrogens (tertiary/aromatic N) is 4. The molecule has 0 radical (unpaired) electrons. The van der Waals surface area contributed by atoms with Crippen molar-refractivity contribution in [3.05, 3.63) is 34.5 Å². The van der Waals surface area contributed by atoms with Crippen molar-refractivity contribution in [1.29, 1.82) is 0 Å². The van der Waals surface area contributed by atoms with Crippen molar-refractivity contribution < 1.29 is 18.6 Å². The lowest BCUT2D eigenvalue weighted by Gasteiger charge is -2.35. The molecular weight excluding hydrogens is 348 g/mol. The Bertz CT molecular complexity index is 851. The van der Waals surface area contributed by atoms with Crippen molar-refractivity contribution in [2.75, 3.05) is 13.1 Å². The second-order valence-corrected chi connectivity index (χ2v) is 7.44. The zero-order valence-electron chi connectivity index (χ0n) is 15.9. The number of rotatable bonds is 4. The standard InChI is InChI=1S/C19H24N4O4/c1-4-15-7-17(21-27-15)19(25)22-8-13-5-6-14(9-22)23(18(13)24)10-16-11(2)20-26-12(16)3/h7,13-14H,4-6,8-10H2,1-3H3/t13-,14+/m0/s1. The van der Waals surface area contributed by atoms with Gasteiger partial charge in [0.15, 0.2) is 5.69 Å². The van der Waals surface area contributed by atoms with Gasteiger partial charge in [0.25, 0.3) is 5.91 Å². The molecule has 0 N–H and O–H groups in total. The zero-order chi connectivity index (χ0) is 19.1. The summed E-state index contributed by atoms with van der Waals surface area (Å²) in [5, 5.41) is 7.89. The van der Waals surface area contributed by atoms with Gasteiger partial charge in [-0.15, -0.1) is 0 Å². The normalized spacial score (nSPS) is 22.4. The third kappa shape index (κ3) is 3.13. The third-order valence-corrected chi connectivity index (χ3v) is 5.72. The van der Waals surface area contributed by atoms with E-state index in [1.807, 2.05) is 25.7 Å². The Hall–Kier alpha value is -2.64. The van der Waals surface area contributed by atoms with Gasteiger partial charge in [0, 0.05) is 37.2 Å². The summed E-state index contributed by atoms with van der Waals surface area (Å²) in [7, 11) is 0. The summed E-state index contributed by atoms with van der Waals surface area (Å²) < 4.78 is 10.4. The van der Waals surface area contributed by atoms with Gasteiger partial charge in [0.2, 0.25) is 5.91 Å². The van der Waals surface area contributed by atoms with E-state index in [2.05, 4.69) is 10.3 Å². The number of fused-ring (bicyclic) bond motifs is 4. The number of aryl methyl sites for hydroxylation is 3. The fourth-order valence-corrected chi connectivity index (χ4v) is 4.05. The van der Waals surface area contributed by atoms with Gasteiger partial charge >= 0.3 is 0 Å². The van der Waals surface area contributed by atoms with E-state index in [0.29, 0.717) is 37.5 Å². The number of piperidine rings is 1. The highest BCUT2D eigenvalue weighted by Gasteiger charge is 2.42. The van der Waals surface area contributed by atoms with Gasteiger partial charge in [0.05, 0.1) is 18.2 Å². The minimum Gasteiger partial charge on any atom is -0.361 e. The highest BCUT2D eigenvalue weighted by molar-refractivity contribution is 5.93. The molecule has 2 bridgehead atoms. The summed E-state index contributed by atoms with van der Waals surface area (Å²) >= 11 is 0. The van der Waals surface area contributed by atoms with Crippen molar-refractivity contribution in [3.8, 4) is 0 Å². The van der Waals surface area contributed by atoms with Crippen LogP contribution in [-0.2, 0) is 17.8 Å². The van der Waals surface area contributed by atoms with Gasteiger partial charge in [0.1, 0.15) is 11.5 Å². The smallest absolute Gasteiger partial charge is 0.276 e. The van der Waals surface area contributed by atoms with Crippen LogP contribution in [0.25, 0.3) is 0 Å². The van der Waals surface area contributed by atoms with Crippen LogP contribution in [0.4, 0.5) is 0 Å². The first-order valence-corrected chi connectivity index (χ1v) is 9.45. The van der Waals surface area contributed by atoms with Crippen molar-refractivity contribution >= 4 is 11.8 Å². The fraction of sp³-hybridized carbons (Fsp3) is 0.579. The summed E-state index contributed by atoms with van der Waals surface area (Å²) in [6.45, 7) is 7.12. The monoisotopic (exact) mass is 372 g/mol. The summed E-state index contributed by atoms with van der Waals surface area (Å²) in [4.78, 5) is 29.6. The molecule has 8 nitrogen and oxygen atoms in total. The quantitative estimate of drug-likeness (QED) is 0.816. The number of carbonyl (C=O) groups excluding carboxylic acids is 2. The van der Waals surface area contributed by atoms with Crippen LogP contribution in [-0.4, -0.2) is 51.1 Å². The predicted octanol–water partition coefficient (Wildman–Crippen LogP) is 2.11. The van der Waals surface area contributed by atoms with E-state index in [-0.39, 0.29) is 23.8 Å². The Morgan fingerprint density at radius 3 is 2.70 bits per heavy atom. The van der Waals surface area contributed by atoms with Crippen LogP contribution in [0.5, 0.6) is 0 Å². The second kappa shape index (κ2) is 6.83. The SMILES string of the molecule is CCc1cc(C(=O)N2C[C@@H]3CC[C@H](C2)N(Cc2c(C)noc2C)C3=O)no1. The second-order valence-electron chi connectivity index (χ2n) is 7.44. The largest absolute Gasteiger partial charge is 0.361 e. The van der Waals surface area contributed by atoms with E-state index in [4.69, 9.17) is 9.05 Å². The molecular formula is C19H24N4O4. The van der Waals surface area contributed by atoms with Crippen LogP contribution in [0.15, 0.2) is 15.1 Å². The van der Waals surface area contributed by atoms with E-state index in [9.17, 15) is 9.59 Å². The topological polar surface area (TPSA) is 92.7 Å². The summed E-state index contributed by atoms with van der Waals surface area (Å²) in [6, 6.07) is 1.69. The maximum absolute atomic E-state index is 13.0. The highest BCUT2D eigenvalue weighted by Crippen LogP contribution is 2.32. The molecule has 2 amide bonds. The molecule has 3 aliphatic rings.